The van der Waals surface area contributed by atoms with Crippen molar-refractivity contribution in [2.75, 3.05) is 12.4 Å². The van der Waals surface area contributed by atoms with Gasteiger partial charge < -0.3 is 15.8 Å². The molecule has 0 saturated heterocycles. The van der Waals surface area contributed by atoms with E-state index in [2.05, 4.69) is 10.3 Å². The van der Waals surface area contributed by atoms with E-state index in [1.807, 2.05) is 0 Å². The van der Waals surface area contributed by atoms with Gasteiger partial charge in [-0.05, 0) is 49.2 Å². The number of halogens is 1. The first-order valence-electron chi connectivity index (χ1n) is 8.81. The van der Waals surface area contributed by atoms with Crippen LogP contribution >= 0.6 is 11.3 Å². The maximum atomic E-state index is 13.0. The Balaban J connectivity index is 0.000000168. The van der Waals surface area contributed by atoms with Gasteiger partial charge in [0.1, 0.15) is 11.6 Å². The first kappa shape index (κ1) is 19.1. The van der Waals surface area contributed by atoms with Gasteiger partial charge in [-0.15, -0.1) is 0 Å². The van der Waals surface area contributed by atoms with Gasteiger partial charge in [0, 0.05) is 11.6 Å². The highest BCUT2D eigenvalue weighted by Crippen LogP contribution is 2.29. The van der Waals surface area contributed by atoms with Crippen molar-refractivity contribution in [3.8, 4) is 5.75 Å². The number of rotatable bonds is 4. The zero-order chi connectivity index (χ0) is 19.2. The highest BCUT2D eigenvalue weighted by atomic mass is 32.1. The largest absolute Gasteiger partial charge is 0.497 e. The number of carbonyl (C=O) groups is 1. The number of nitrogens with one attached hydrogen (secondary N) is 1. The van der Waals surface area contributed by atoms with Crippen molar-refractivity contribution in [2.45, 2.75) is 31.7 Å². The Labute approximate surface area is 161 Å². The number of hydrogen-bond donors (Lipinski definition) is 2. The topological polar surface area (TPSA) is 77.2 Å². The summed E-state index contributed by atoms with van der Waals surface area (Å²) in [5, 5.41) is 4.36. The summed E-state index contributed by atoms with van der Waals surface area (Å²) in [6, 6.07) is 12.0. The molecule has 0 aliphatic heterocycles. The van der Waals surface area contributed by atoms with E-state index in [1.165, 1.54) is 43.1 Å². The average Bonchev–Trinajstić information content (AvgIpc) is 3.31. The predicted molar refractivity (Wildman–Crippen MR) is 107 cm³/mol. The van der Waals surface area contributed by atoms with Crippen LogP contribution in [0.3, 0.4) is 0 Å². The van der Waals surface area contributed by atoms with Crippen LogP contribution in [0.1, 0.15) is 36.0 Å². The maximum Gasteiger partial charge on any atom is 0.248 e. The number of anilines is 1. The minimum Gasteiger partial charge on any atom is -0.497 e. The number of aromatic nitrogens is 1. The number of hydrogen-bond acceptors (Lipinski definition) is 5. The van der Waals surface area contributed by atoms with Gasteiger partial charge in [-0.1, -0.05) is 30.2 Å². The number of nitrogens with two attached hydrogens (primary N) is 1. The summed E-state index contributed by atoms with van der Waals surface area (Å²) in [6.07, 6.45) is 5.06. The summed E-state index contributed by atoms with van der Waals surface area (Å²) in [7, 11) is 1.54. The van der Waals surface area contributed by atoms with Crippen molar-refractivity contribution in [1.82, 2.24) is 4.98 Å². The Morgan fingerprint density at radius 2 is 2.04 bits per heavy atom. The molecule has 1 amide bonds. The molecule has 0 radical (unpaired) electrons. The molecular weight excluding hydrogens is 365 g/mol. The van der Waals surface area contributed by atoms with Crippen LogP contribution in [-0.2, 0) is 0 Å². The normalized spacial score (nSPS) is 13.9. The maximum absolute atomic E-state index is 13.0. The third-order valence-electron chi connectivity index (χ3n) is 4.39. The number of primary amides is 1. The first-order chi connectivity index (χ1) is 13.0. The Morgan fingerprint density at radius 1 is 1.26 bits per heavy atom. The van der Waals surface area contributed by atoms with Gasteiger partial charge in [-0.2, -0.15) is 0 Å². The van der Waals surface area contributed by atoms with Crippen molar-refractivity contribution >= 4 is 32.6 Å². The van der Waals surface area contributed by atoms with Gasteiger partial charge in [0.2, 0.25) is 5.91 Å². The number of amides is 1. The van der Waals surface area contributed by atoms with Gasteiger partial charge >= 0.3 is 0 Å². The van der Waals surface area contributed by atoms with Crippen LogP contribution in [0.15, 0.2) is 42.5 Å². The number of benzene rings is 2. The van der Waals surface area contributed by atoms with Crippen molar-refractivity contribution < 1.29 is 13.9 Å². The number of carbonyl (C=O) groups excluding carboxylic acids is 1. The van der Waals surface area contributed by atoms with E-state index in [-0.39, 0.29) is 5.82 Å². The smallest absolute Gasteiger partial charge is 0.248 e. The second-order valence-corrected chi connectivity index (χ2v) is 7.38. The van der Waals surface area contributed by atoms with Crippen LogP contribution in [0.2, 0.25) is 0 Å². The zero-order valence-corrected chi connectivity index (χ0v) is 15.9. The standard InChI is InChI=1S/C12H13FN2S.C8H9NO2/c13-8-5-6-10-11(7-8)16-12(15-10)14-9-3-1-2-4-9;1-11-7-4-2-3-6(5-7)8(9)10/h5-7,9H,1-4H2,(H,14,15);2-5H,1H3,(H2,9,10). The Bertz CT molecular complexity index is 922. The molecule has 2 aromatic carbocycles. The molecule has 142 valence electrons. The SMILES string of the molecule is COc1cccc(C(N)=O)c1.Fc1ccc2nc(NC3CCCC3)sc2c1. The summed E-state index contributed by atoms with van der Waals surface area (Å²) >= 11 is 1.54. The van der Waals surface area contributed by atoms with Crippen LogP contribution in [0.25, 0.3) is 10.2 Å². The fourth-order valence-corrected chi connectivity index (χ4v) is 3.95. The predicted octanol–water partition coefficient (Wildman–Crippen LogP) is 4.58. The number of fused-ring (bicyclic) bond motifs is 1. The molecule has 5 nitrogen and oxygen atoms in total. The van der Waals surface area contributed by atoms with Gasteiger partial charge in [-0.25, -0.2) is 9.37 Å². The molecule has 27 heavy (non-hydrogen) atoms. The van der Waals surface area contributed by atoms with Crippen molar-refractivity contribution in [1.29, 1.82) is 0 Å². The van der Waals surface area contributed by atoms with Crippen molar-refractivity contribution in [3.63, 3.8) is 0 Å². The van der Waals surface area contributed by atoms with E-state index >= 15 is 0 Å². The summed E-state index contributed by atoms with van der Waals surface area (Å²) in [4.78, 5) is 15.1. The minimum absolute atomic E-state index is 0.191. The molecule has 0 bridgehead atoms. The van der Waals surface area contributed by atoms with Gasteiger partial charge in [0.05, 0.1) is 17.3 Å². The van der Waals surface area contributed by atoms with E-state index in [1.54, 1.807) is 43.5 Å². The molecule has 1 aliphatic rings. The summed E-state index contributed by atoms with van der Waals surface area (Å²) in [5.74, 6) is 0.00812. The fraction of sp³-hybridized carbons (Fsp3) is 0.300. The van der Waals surface area contributed by atoms with Gasteiger partial charge in [-0.3, -0.25) is 4.79 Å². The third kappa shape index (κ3) is 5.17. The lowest BCUT2D eigenvalue weighted by molar-refractivity contribution is 0.1000. The molecule has 3 aromatic rings. The summed E-state index contributed by atoms with van der Waals surface area (Å²) < 4.78 is 18.8. The molecule has 7 heteroatoms. The van der Waals surface area contributed by atoms with Crippen LogP contribution in [0.4, 0.5) is 9.52 Å². The van der Waals surface area contributed by atoms with Gasteiger partial charge in [0.15, 0.2) is 5.13 Å². The van der Waals surface area contributed by atoms with Gasteiger partial charge in [0.25, 0.3) is 0 Å². The molecule has 4 rings (SSSR count). The molecule has 1 heterocycles. The number of methoxy groups -OCH3 is 1. The molecular formula is C20H22FN3O2S. The molecule has 1 aliphatic carbocycles. The monoisotopic (exact) mass is 387 g/mol. The number of ether oxygens (including phenoxy) is 1. The average molecular weight is 387 g/mol. The quantitative estimate of drug-likeness (QED) is 0.687. The second kappa shape index (κ2) is 8.81. The van der Waals surface area contributed by atoms with Crippen LogP contribution in [-0.4, -0.2) is 24.0 Å². The van der Waals surface area contributed by atoms with Crippen LogP contribution in [0, 0.1) is 5.82 Å². The lowest BCUT2D eigenvalue weighted by atomic mass is 10.2. The number of thiazole rings is 1. The van der Waals surface area contributed by atoms with E-state index in [9.17, 15) is 9.18 Å². The van der Waals surface area contributed by atoms with Crippen LogP contribution < -0.4 is 15.8 Å². The third-order valence-corrected chi connectivity index (χ3v) is 5.34. The minimum atomic E-state index is -0.441. The zero-order valence-electron chi connectivity index (χ0n) is 15.1. The summed E-state index contributed by atoms with van der Waals surface area (Å²) in [6.45, 7) is 0. The highest BCUT2D eigenvalue weighted by Gasteiger charge is 2.16. The van der Waals surface area contributed by atoms with Crippen molar-refractivity contribution in [2.24, 2.45) is 5.73 Å². The second-order valence-electron chi connectivity index (χ2n) is 6.35. The van der Waals surface area contributed by atoms with E-state index < -0.39 is 5.91 Å². The molecule has 0 atom stereocenters. The Kier molecular flexibility index (Phi) is 6.24. The lowest BCUT2D eigenvalue weighted by Crippen LogP contribution is -2.13. The van der Waals surface area contributed by atoms with Crippen LogP contribution in [0.5, 0.6) is 5.75 Å². The summed E-state index contributed by atoms with van der Waals surface area (Å²) in [5.41, 5.74) is 6.39. The molecule has 1 saturated carbocycles. The van der Waals surface area contributed by atoms with E-state index in [0.717, 1.165) is 15.3 Å². The van der Waals surface area contributed by atoms with E-state index in [0.29, 0.717) is 17.4 Å². The first-order valence-corrected chi connectivity index (χ1v) is 9.63. The number of nitrogens with zero attached hydrogens (tertiary/aromatic N) is 1. The molecule has 1 fully saturated rings. The van der Waals surface area contributed by atoms with Crippen molar-refractivity contribution in [3.05, 3.63) is 53.8 Å². The highest BCUT2D eigenvalue weighted by molar-refractivity contribution is 7.22. The molecule has 0 spiro atoms. The molecule has 1 aromatic heterocycles. The van der Waals surface area contributed by atoms with E-state index in [4.69, 9.17) is 10.5 Å². The fourth-order valence-electron chi connectivity index (χ4n) is 2.98. The molecule has 3 N–H and O–H groups in total. The lowest BCUT2D eigenvalue weighted by Gasteiger charge is -2.09. The molecule has 0 unspecified atom stereocenters. The Morgan fingerprint density at radius 3 is 2.74 bits per heavy atom. The Hall–Kier alpha value is -2.67.